The summed E-state index contributed by atoms with van der Waals surface area (Å²) < 4.78 is 13.5. The molecular weight excluding hydrogens is 430 g/mol. The number of nitrogens with zero attached hydrogens (tertiary/aromatic N) is 3. The van der Waals surface area contributed by atoms with Gasteiger partial charge in [0.05, 0.1) is 30.1 Å². The molecule has 0 radical (unpaired) electrons. The summed E-state index contributed by atoms with van der Waals surface area (Å²) in [6.45, 7) is 0.580. The van der Waals surface area contributed by atoms with Crippen molar-refractivity contribution in [3.63, 3.8) is 0 Å². The number of Topliss-reactive ketones (excluding diaryl/α,β-unsaturated/α-hetero) is 1. The molecule has 1 aliphatic carbocycles. The highest BCUT2D eigenvalue weighted by molar-refractivity contribution is 9.10. The zero-order valence-corrected chi connectivity index (χ0v) is 17.1. The van der Waals surface area contributed by atoms with E-state index < -0.39 is 0 Å². The molecular formula is C19H18BrN3O3S. The third-order valence-corrected chi connectivity index (χ3v) is 5.97. The number of methoxy groups -OCH3 is 1. The molecule has 3 aromatic rings. The van der Waals surface area contributed by atoms with E-state index in [1.54, 1.807) is 31.6 Å². The van der Waals surface area contributed by atoms with Gasteiger partial charge < -0.3 is 9.15 Å². The second-order valence-corrected chi connectivity index (χ2v) is 8.14. The number of aromatic nitrogens is 3. The van der Waals surface area contributed by atoms with E-state index in [1.807, 2.05) is 12.1 Å². The molecule has 0 unspecified atom stereocenters. The minimum absolute atomic E-state index is 0.0314. The molecule has 0 bridgehead atoms. The van der Waals surface area contributed by atoms with Crippen LogP contribution in [-0.4, -0.2) is 33.4 Å². The smallest absolute Gasteiger partial charge is 0.192 e. The Hall–Kier alpha value is -2.06. The lowest BCUT2D eigenvalue weighted by atomic mass is 10.1. The average molecular weight is 448 g/mol. The van der Waals surface area contributed by atoms with E-state index in [4.69, 9.17) is 9.15 Å². The number of benzene rings is 1. The molecule has 0 saturated heterocycles. The van der Waals surface area contributed by atoms with Crippen LogP contribution >= 0.6 is 27.7 Å². The molecule has 0 aliphatic heterocycles. The zero-order valence-electron chi connectivity index (χ0n) is 14.7. The van der Waals surface area contributed by atoms with Gasteiger partial charge >= 0.3 is 0 Å². The molecule has 4 rings (SSSR count). The molecule has 1 aromatic carbocycles. The fraction of sp³-hybridized carbons (Fsp3) is 0.316. The van der Waals surface area contributed by atoms with Gasteiger partial charge in [0.1, 0.15) is 17.3 Å². The van der Waals surface area contributed by atoms with Gasteiger partial charge in [-0.25, -0.2) is 0 Å². The second kappa shape index (κ2) is 7.90. The van der Waals surface area contributed by atoms with Gasteiger partial charge in [-0.2, -0.15) is 0 Å². The van der Waals surface area contributed by atoms with E-state index in [2.05, 4.69) is 30.7 Å². The Morgan fingerprint density at radius 1 is 1.37 bits per heavy atom. The van der Waals surface area contributed by atoms with Crippen molar-refractivity contribution >= 4 is 33.5 Å². The summed E-state index contributed by atoms with van der Waals surface area (Å²) in [6, 6.07) is 9.15. The van der Waals surface area contributed by atoms with Crippen LogP contribution in [0.4, 0.5) is 0 Å². The summed E-state index contributed by atoms with van der Waals surface area (Å²) in [4.78, 5) is 12.6. The molecule has 2 aromatic heterocycles. The van der Waals surface area contributed by atoms with Crippen LogP contribution in [0.3, 0.4) is 0 Å². The largest absolute Gasteiger partial charge is 0.496 e. The third-order valence-electron chi connectivity index (χ3n) is 4.39. The summed E-state index contributed by atoms with van der Waals surface area (Å²) in [6.07, 6.45) is 3.94. The first kappa shape index (κ1) is 18.3. The van der Waals surface area contributed by atoms with Gasteiger partial charge in [0.25, 0.3) is 0 Å². The first-order chi connectivity index (χ1) is 13.2. The van der Waals surface area contributed by atoms with Crippen LogP contribution in [0.5, 0.6) is 5.75 Å². The van der Waals surface area contributed by atoms with Crippen molar-refractivity contribution < 1.29 is 13.9 Å². The Labute approximate surface area is 169 Å². The van der Waals surface area contributed by atoms with Crippen molar-refractivity contribution in [2.45, 2.75) is 30.5 Å². The average Bonchev–Trinajstić information content (AvgIpc) is 3.24. The molecule has 2 heterocycles. The Kier molecular flexibility index (Phi) is 5.36. The van der Waals surface area contributed by atoms with E-state index in [9.17, 15) is 4.79 Å². The van der Waals surface area contributed by atoms with E-state index in [0.29, 0.717) is 29.5 Å². The van der Waals surface area contributed by atoms with Crippen molar-refractivity contribution in [2.24, 2.45) is 0 Å². The summed E-state index contributed by atoms with van der Waals surface area (Å²) >= 11 is 4.83. The maximum Gasteiger partial charge on any atom is 0.192 e. The summed E-state index contributed by atoms with van der Waals surface area (Å²) in [5.41, 5.74) is 0.634. The number of halogens is 1. The van der Waals surface area contributed by atoms with Crippen molar-refractivity contribution in [3.05, 3.63) is 58.2 Å². The van der Waals surface area contributed by atoms with Crippen LogP contribution in [0.1, 0.15) is 40.7 Å². The van der Waals surface area contributed by atoms with E-state index >= 15 is 0 Å². The summed E-state index contributed by atoms with van der Waals surface area (Å²) in [5, 5.41) is 9.43. The lowest BCUT2D eigenvalue weighted by Crippen LogP contribution is -2.08. The van der Waals surface area contributed by atoms with Gasteiger partial charge in [0.2, 0.25) is 0 Å². The van der Waals surface area contributed by atoms with Crippen LogP contribution in [-0.2, 0) is 6.54 Å². The molecule has 0 atom stereocenters. The van der Waals surface area contributed by atoms with Crippen LogP contribution in [0.25, 0.3) is 0 Å². The fourth-order valence-electron chi connectivity index (χ4n) is 2.81. The minimum atomic E-state index is 0.0314. The zero-order chi connectivity index (χ0) is 18.8. The topological polar surface area (TPSA) is 70.2 Å². The highest BCUT2D eigenvalue weighted by atomic mass is 79.9. The molecule has 1 aliphatic rings. The number of thioether (sulfide) groups is 1. The molecule has 6 nitrogen and oxygen atoms in total. The predicted octanol–water partition coefficient (Wildman–Crippen LogP) is 4.54. The Morgan fingerprint density at radius 3 is 2.89 bits per heavy atom. The van der Waals surface area contributed by atoms with Crippen molar-refractivity contribution in [1.29, 1.82) is 0 Å². The normalized spacial score (nSPS) is 13.7. The first-order valence-corrected chi connectivity index (χ1v) is 10.4. The second-order valence-electron chi connectivity index (χ2n) is 6.34. The Bertz CT molecular complexity index is 951. The number of carbonyl (C=O) groups is 1. The number of furan rings is 1. The lowest BCUT2D eigenvalue weighted by Gasteiger charge is -2.08. The van der Waals surface area contributed by atoms with E-state index in [1.165, 1.54) is 11.8 Å². The van der Waals surface area contributed by atoms with Crippen LogP contribution < -0.4 is 4.74 Å². The predicted molar refractivity (Wildman–Crippen MR) is 106 cm³/mol. The Morgan fingerprint density at radius 2 is 2.22 bits per heavy atom. The number of ketones is 1. The van der Waals surface area contributed by atoms with Crippen LogP contribution in [0, 0.1) is 0 Å². The molecule has 27 heavy (non-hydrogen) atoms. The highest BCUT2D eigenvalue weighted by Crippen LogP contribution is 2.40. The molecule has 1 saturated carbocycles. The van der Waals surface area contributed by atoms with Gasteiger partial charge in [-0.05, 0) is 59.1 Å². The molecule has 0 N–H and O–H groups in total. The molecule has 140 valence electrons. The standard InChI is InChI=1S/C19H18BrN3O3S/c1-25-17-7-6-13(9-15(17)20)16(24)11-27-19-22-21-18(12-4-5-12)23(19)10-14-3-2-8-26-14/h2-3,6-9,12H,4-5,10-11H2,1H3. The molecule has 0 spiro atoms. The van der Waals surface area contributed by atoms with Crippen LogP contribution in [0.15, 0.2) is 50.6 Å². The maximum absolute atomic E-state index is 12.6. The monoisotopic (exact) mass is 447 g/mol. The van der Waals surface area contributed by atoms with Crippen molar-refractivity contribution in [1.82, 2.24) is 14.8 Å². The van der Waals surface area contributed by atoms with E-state index in [-0.39, 0.29) is 5.78 Å². The van der Waals surface area contributed by atoms with Gasteiger partial charge in [0.15, 0.2) is 10.9 Å². The lowest BCUT2D eigenvalue weighted by molar-refractivity contribution is 0.102. The molecule has 1 fully saturated rings. The highest BCUT2D eigenvalue weighted by Gasteiger charge is 2.30. The molecule has 8 heteroatoms. The fourth-order valence-corrected chi connectivity index (χ4v) is 4.19. The summed E-state index contributed by atoms with van der Waals surface area (Å²) in [5.74, 6) is 3.32. The quantitative estimate of drug-likeness (QED) is 0.372. The number of carbonyl (C=O) groups excluding carboxylic acids is 1. The van der Waals surface area contributed by atoms with E-state index in [0.717, 1.165) is 34.1 Å². The number of ether oxygens (including phenoxy) is 1. The Balaban J connectivity index is 1.49. The van der Waals surface area contributed by atoms with Crippen molar-refractivity contribution in [3.8, 4) is 5.75 Å². The van der Waals surface area contributed by atoms with Gasteiger partial charge in [0, 0.05) is 11.5 Å². The number of hydrogen-bond donors (Lipinski definition) is 0. The first-order valence-electron chi connectivity index (χ1n) is 8.60. The number of hydrogen-bond acceptors (Lipinski definition) is 6. The maximum atomic E-state index is 12.6. The van der Waals surface area contributed by atoms with Crippen LogP contribution in [0.2, 0.25) is 0 Å². The summed E-state index contributed by atoms with van der Waals surface area (Å²) in [7, 11) is 1.60. The van der Waals surface area contributed by atoms with Gasteiger partial charge in [-0.15, -0.1) is 10.2 Å². The van der Waals surface area contributed by atoms with Crippen molar-refractivity contribution in [2.75, 3.05) is 12.9 Å². The van der Waals surface area contributed by atoms with Gasteiger partial charge in [-0.1, -0.05) is 11.8 Å². The van der Waals surface area contributed by atoms with Gasteiger partial charge in [-0.3, -0.25) is 9.36 Å². The third kappa shape index (κ3) is 4.11. The molecule has 0 amide bonds. The minimum Gasteiger partial charge on any atom is -0.496 e. The number of rotatable bonds is 8. The SMILES string of the molecule is COc1ccc(C(=O)CSc2nnc(C3CC3)n2Cc2ccco2)cc1Br.